The van der Waals surface area contributed by atoms with Gasteiger partial charge in [0.15, 0.2) is 0 Å². The van der Waals surface area contributed by atoms with E-state index >= 15 is 0 Å². The largest absolute Gasteiger partial charge is 0.368 e. The number of nitrogens with zero attached hydrogens (tertiary/aromatic N) is 3. The van der Waals surface area contributed by atoms with E-state index in [1.54, 1.807) is 12.1 Å². The van der Waals surface area contributed by atoms with Crippen LogP contribution in [-0.2, 0) is 14.4 Å². The summed E-state index contributed by atoms with van der Waals surface area (Å²) in [4.78, 5) is 43.8. The van der Waals surface area contributed by atoms with Gasteiger partial charge in [-0.25, -0.2) is 4.90 Å². The van der Waals surface area contributed by atoms with Crippen LogP contribution in [0.4, 0.5) is 5.69 Å². The second-order valence-electron chi connectivity index (χ2n) is 8.70. The highest BCUT2D eigenvalue weighted by molar-refractivity contribution is 6.32. The van der Waals surface area contributed by atoms with Crippen LogP contribution in [0.3, 0.4) is 0 Å². The highest BCUT2D eigenvalue weighted by Crippen LogP contribution is 2.35. The Balaban J connectivity index is 1.48. The SMILES string of the molecule is Cc1ccc(N2C(=O)C[C@H](N3CCC(C(N)=O)(N4CCCCC4)CC3)C2=O)cc1Cl. The molecule has 0 unspecified atom stereocenters. The van der Waals surface area contributed by atoms with Crippen LogP contribution in [0.5, 0.6) is 0 Å². The quantitative estimate of drug-likeness (QED) is 0.736. The molecule has 3 amide bonds. The monoisotopic (exact) mass is 432 g/mol. The van der Waals surface area contributed by atoms with Gasteiger partial charge in [-0.3, -0.25) is 24.2 Å². The number of halogens is 1. The molecule has 0 radical (unpaired) electrons. The number of imide groups is 1. The summed E-state index contributed by atoms with van der Waals surface area (Å²) in [5, 5.41) is 0.530. The van der Waals surface area contributed by atoms with Gasteiger partial charge in [0.1, 0.15) is 5.54 Å². The van der Waals surface area contributed by atoms with Gasteiger partial charge in [0, 0.05) is 18.1 Å². The minimum absolute atomic E-state index is 0.150. The number of carbonyl (C=O) groups excluding carboxylic acids is 3. The minimum atomic E-state index is -0.632. The molecule has 1 atom stereocenters. The molecule has 30 heavy (non-hydrogen) atoms. The van der Waals surface area contributed by atoms with Crippen LogP contribution in [-0.4, -0.2) is 65.3 Å². The van der Waals surface area contributed by atoms with Crippen LogP contribution < -0.4 is 10.6 Å². The van der Waals surface area contributed by atoms with Gasteiger partial charge in [-0.15, -0.1) is 0 Å². The van der Waals surface area contributed by atoms with Crippen molar-refractivity contribution in [3.05, 3.63) is 28.8 Å². The van der Waals surface area contributed by atoms with Crippen molar-refractivity contribution in [1.82, 2.24) is 9.80 Å². The zero-order chi connectivity index (χ0) is 21.5. The first-order valence-corrected chi connectivity index (χ1v) is 11.1. The van der Waals surface area contributed by atoms with Crippen molar-refractivity contribution in [1.29, 1.82) is 0 Å². The molecule has 4 rings (SSSR count). The standard InChI is InChI=1S/C22H29ClN4O3/c1-15-5-6-16(13-17(15)23)27-19(28)14-18(20(27)29)25-11-7-22(8-12-25,21(24)30)26-9-3-2-4-10-26/h5-6,13,18H,2-4,7-12,14H2,1H3,(H2,24,30)/t18-/m0/s1. The Hall–Kier alpha value is -1.96. The number of piperidine rings is 2. The molecule has 3 fully saturated rings. The third-order valence-electron chi connectivity index (χ3n) is 7.02. The van der Waals surface area contributed by atoms with Gasteiger partial charge in [0.25, 0.3) is 5.91 Å². The molecule has 3 saturated heterocycles. The molecule has 7 nitrogen and oxygen atoms in total. The Bertz CT molecular complexity index is 860. The number of amides is 3. The zero-order valence-electron chi connectivity index (χ0n) is 17.4. The lowest BCUT2D eigenvalue weighted by atomic mass is 9.83. The maximum atomic E-state index is 13.1. The van der Waals surface area contributed by atoms with Crippen molar-refractivity contribution in [3.63, 3.8) is 0 Å². The molecule has 0 aromatic heterocycles. The molecule has 1 aromatic rings. The third-order valence-corrected chi connectivity index (χ3v) is 7.43. The zero-order valence-corrected chi connectivity index (χ0v) is 18.2. The molecule has 1 aromatic carbocycles. The number of carbonyl (C=O) groups is 3. The van der Waals surface area contributed by atoms with E-state index in [0.717, 1.165) is 31.5 Å². The van der Waals surface area contributed by atoms with E-state index in [4.69, 9.17) is 17.3 Å². The van der Waals surface area contributed by atoms with Gasteiger partial charge in [0.2, 0.25) is 11.8 Å². The summed E-state index contributed by atoms with van der Waals surface area (Å²) >= 11 is 6.20. The fraction of sp³-hybridized carbons (Fsp3) is 0.591. The number of anilines is 1. The summed E-state index contributed by atoms with van der Waals surface area (Å²) in [5.74, 6) is -0.703. The van der Waals surface area contributed by atoms with E-state index in [-0.39, 0.29) is 24.1 Å². The van der Waals surface area contributed by atoms with Gasteiger partial charge >= 0.3 is 0 Å². The van der Waals surface area contributed by atoms with Crippen molar-refractivity contribution < 1.29 is 14.4 Å². The highest BCUT2D eigenvalue weighted by atomic mass is 35.5. The van der Waals surface area contributed by atoms with Crippen LogP contribution in [0.15, 0.2) is 18.2 Å². The van der Waals surface area contributed by atoms with Crippen LogP contribution in [0, 0.1) is 6.92 Å². The fourth-order valence-corrected chi connectivity index (χ4v) is 5.31. The summed E-state index contributed by atoms with van der Waals surface area (Å²) in [6.45, 7) is 4.82. The van der Waals surface area contributed by atoms with E-state index in [2.05, 4.69) is 4.90 Å². The normalized spacial score (nSPS) is 25.7. The number of hydrogen-bond acceptors (Lipinski definition) is 5. The fourth-order valence-electron chi connectivity index (χ4n) is 5.14. The van der Waals surface area contributed by atoms with E-state index in [1.807, 2.05) is 17.9 Å². The average Bonchev–Trinajstić information content (AvgIpc) is 3.04. The van der Waals surface area contributed by atoms with Crippen LogP contribution in [0.25, 0.3) is 0 Å². The van der Waals surface area contributed by atoms with Crippen molar-refractivity contribution >= 4 is 35.0 Å². The maximum absolute atomic E-state index is 13.1. The first kappa shape index (κ1) is 21.3. The summed E-state index contributed by atoms with van der Waals surface area (Å²) in [6.07, 6.45) is 4.70. The number of rotatable bonds is 4. The molecular weight excluding hydrogens is 404 g/mol. The van der Waals surface area contributed by atoms with Crippen LogP contribution in [0.2, 0.25) is 5.02 Å². The number of aryl methyl sites for hydroxylation is 1. The second-order valence-corrected chi connectivity index (χ2v) is 9.11. The molecule has 3 aliphatic rings. The van der Waals surface area contributed by atoms with Gasteiger partial charge in [0.05, 0.1) is 18.2 Å². The molecular formula is C22H29ClN4O3. The number of nitrogens with two attached hydrogens (primary N) is 1. The minimum Gasteiger partial charge on any atom is -0.368 e. The lowest BCUT2D eigenvalue weighted by Crippen LogP contribution is -2.64. The number of likely N-dealkylation sites (tertiary alicyclic amines) is 2. The van der Waals surface area contributed by atoms with E-state index in [0.29, 0.717) is 36.6 Å². The predicted octanol–water partition coefficient (Wildman–Crippen LogP) is 2.09. The molecule has 0 aliphatic carbocycles. The first-order chi connectivity index (χ1) is 14.3. The molecule has 0 spiro atoms. The Labute approximate surface area is 182 Å². The van der Waals surface area contributed by atoms with Crippen molar-refractivity contribution in [3.8, 4) is 0 Å². The molecule has 2 N–H and O–H groups in total. The number of primary amides is 1. The lowest BCUT2D eigenvalue weighted by molar-refractivity contribution is -0.136. The number of benzene rings is 1. The van der Waals surface area contributed by atoms with Crippen molar-refractivity contribution in [2.24, 2.45) is 5.73 Å². The molecule has 8 heteroatoms. The van der Waals surface area contributed by atoms with Crippen molar-refractivity contribution in [2.75, 3.05) is 31.1 Å². The van der Waals surface area contributed by atoms with Gasteiger partial charge in [-0.2, -0.15) is 0 Å². The van der Waals surface area contributed by atoms with E-state index < -0.39 is 11.6 Å². The molecule has 3 heterocycles. The van der Waals surface area contributed by atoms with E-state index in [1.165, 1.54) is 11.3 Å². The van der Waals surface area contributed by atoms with Crippen LogP contribution >= 0.6 is 11.6 Å². The summed E-state index contributed by atoms with van der Waals surface area (Å²) in [7, 11) is 0. The third kappa shape index (κ3) is 3.63. The van der Waals surface area contributed by atoms with Crippen LogP contribution in [0.1, 0.15) is 44.1 Å². The summed E-state index contributed by atoms with van der Waals surface area (Å²) in [6, 6.07) is 4.74. The Morgan fingerprint density at radius 2 is 1.77 bits per heavy atom. The Morgan fingerprint density at radius 3 is 2.37 bits per heavy atom. The Morgan fingerprint density at radius 1 is 1.10 bits per heavy atom. The first-order valence-electron chi connectivity index (χ1n) is 10.8. The van der Waals surface area contributed by atoms with Gasteiger partial charge < -0.3 is 5.73 Å². The van der Waals surface area contributed by atoms with Gasteiger partial charge in [-0.1, -0.05) is 24.1 Å². The summed E-state index contributed by atoms with van der Waals surface area (Å²) in [5.41, 5.74) is 6.64. The van der Waals surface area contributed by atoms with Crippen molar-refractivity contribution in [2.45, 2.75) is 57.0 Å². The molecule has 162 valence electrons. The smallest absolute Gasteiger partial charge is 0.251 e. The predicted molar refractivity (Wildman–Crippen MR) is 115 cm³/mol. The molecule has 0 saturated carbocycles. The molecule has 3 aliphatic heterocycles. The molecule has 0 bridgehead atoms. The van der Waals surface area contributed by atoms with E-state index in [9.17, 15) is 14.4 Å². The highest BCUT2D eigenvalue weighted by Gasteiger charge is 2.49. The Kier molecular flexibility index (Phi) is 5.88. The lowest BCUT2D eigenvalue weighted by Gasteiger charge is -2.48. The second kappa shape index (κ2) is 8.29. The number of hydrogen-bond donors (Lipinski definition) is 1. The average molecular weight is 433 g/mol. The summed E-state index contributed by atoms with van der Waals surface area (Å²) < 4.78 is 0. The maximum Gasteiger partial charge on any atom is 0.251 e. The van der Waals surface area contributed by atoms with Gasteiger partial charge in [-0.05, 0) is 63.4 Å². The topological polar surface area (TPSA) is 87.0 Å².